The van der Waals surface area contributed by atoms with Gasteiger partial charge in [-0.1, -0.05) is 27.7 Å². The summed E-state index contributed by atoms with van der Waals surface area (Å²) in [5.74, 6) is -0.775. The normalized spacial score (nSPS) is 14.0. The lowest BCUT2D eigenvalue weighted by atomic mass is 10.0. The van der Waals surface area contributed by atoms with Crippen molar-refractivity contribution in [2.45, 2.75) is 71.2 Å². The number of hydrogen-bond donors (Lipinski definition) is 3. The molecule has 6 nitrogen and oxygen atoms in total. The molecule has 0 aliphatic rings. The largest absolute Gasteiger partial charge is 0.355 e. The van der Waals surface area contributed by atoms with Crippen molar-refractivity contribution < 1.29 is 14.4 Å². The molecule has 0 saturated carbocycles. The molecule has 0 rings (SSSR count). The minimum Gasteiger partial charge on any atom is -0.355 e. The third-order valence-corrected chi connectivity index (χ3v) is 5.18. The summed E-state index contributed by atoms with van der Waals surface area (Å²) in [6.07, 6.45) is 3.13. The molecule has 1 unspecified atom stereocenters. The molecule has 7 heteroatoms. The number of likely N-dealkylation sites (N-methyl/N-ethyl adjacent to an activating group) is 1. The fraction of sp³-hybridized carbons (Fsp3) is 0.824. The van der Waals surface area contributed by atoms with Crippen LogP contribution in [0.1, 0.15) is 54.4 Å². The first-order valence-corrected chi connectivity index (χ1v) is 9.69. The smallest absolute Gasteiger partial charge is 0.243 e. The fourth-order valence-corrected chi connectivity index (χ4v) is 2.30. The van der Waals surface area contributed by atoms with Crippen LogP contribution in [0.3, 0.4) is 0 Å². The van der Waals surface area contributed by atoms with Crippen molar-refractivity contribution in [1.82, 2.24) is 16.0 Å². The van der Waals surface area contributed by atoms with Gasteiger partial charge < -0.3 is 16.0 Å². The molecule has 0 saturated heterocycles. The van der Waals surface area contributed by atoms with Crippen LogP contribution in [-0.4, -0.2) is 47.4 Å². The van der Waals surface area contributed by atoms with Crippen molar-refractivity contribution in [3.8, 4) is 0 Å². The molecule has 0 heterocycles. The van der Waals surface area contributed by atoms with Gasteiger partial charge in [0.15, 0.2) is 0 Å². The summed E-state index contributed by atoms with van der Waals surface area (Å²) in [4.78, 5) is 36.3. The van der Waals surface area contributed by atoms with Crippen LogP contribution in [-0.2, 0) is 14.4 Å². The van der Waals surface area contributed by atoms with Gasteiger partial charge in [0, 0.05) is 17.7 Å². The van der Waals surface area contributed by atoms with Crippen molar-refractivity contribution in [3.63, 3.8) is 0 Å². The summed E-state index contributed by atoms with van der Waals surface area (Å²) in [6.45, 7) is 11.9. The average Bonchev–Trinajstić information content (AvgIpc) is 2.50. The van der Waals surface area contributed by atoms with Gasteiger partial charge in [0.05, 0.1) is 0 Å². The van der Waals surface area contributed by atoms with E-state index in [-0.39, 0.29) is 28.4 Å². The molecule has 0 aromatic rings. The Labute approximate surface area is 150 Å². The predicted octanol–water partition coefficient (Wildman–Crippen LogP) is 1.69. The Balaban J connectivity index is 4.66. The first-order chi connectivity index (χ1) is 11.0. The number of hydrogen-bond acceptors (Lipinski definition) is 4. The highest BCUT2D eigenvalue weighted by Crippen LogP contribution is 2.26. The van der Waals surface area contributed by atoms with E-state index in [0.29, 0.717) is 13.0 Å². The molecule has 24 heavy (non-hydrogen) atoms. The maximum absolute atomic E-state index is 12.4. The zero-order valence-corrected chi connectivity index (χ0v) is 16.8. The molecule has 0 fully saturated rings. The maximum atomic E-state index is 12.4. The van der Waals surface area contributed by atoms with Crippen LogP contribution < -0.4 is 16.0 Å². The second-order valence-electron chi connectivity index (χ2n) is 6.88. The molecule has 0 radical (unpaired) electrons. The van der Waals surface area contributed by atoms with E-state index in [0.717, 1.165) is 6.42 Å². The zero-order chi connectivity index (χ0) is 18.9. The van der Waals surface area contributed by atoms with Crippen LogP contribution in [0.5, 0.6) is 0 Å². The molecule has 0 bridgehead atoms. The molecule has 0 aromatic carbocycles. The molecule has 2 atom stereocenters. The van der Waals surface area contributed by atoms with Crippen molar-refractivity contribution in [3.05, 3.63) is 0 Å². The first kappa shape index (κ1) is 22.8. The van der Waals surface area contributed by atoms with Gasteiger partial charge >= 0.3 is 0 Å². The third-order valence-electron chi connectivity index (χ3n) is 3.88. The molecule has 0 aromatic heterocycles. The number of thioether (sulfide) groups is 1. The summed E-state index contributed by atoms with van der Waals surface area (Å²) in [5, 5.41) is 8.12. The van der Waals surface area contributed by atoms with Crippen LogP contribution in [0.2, 0.25) is 0 Å². The lowest BCUT2D eigenvalue weighted by Crippen LogP contribution is -2.54. The SMILES string of the molecule is CCNC(=O)[C@H](C)NC(=O)C(NC(=O)CCC(C)(C)SC)C(C)C. The minimum absolute atomic E-state index is 0.0275. The monoisotopic (exact) mass is 359 g/mol. The van der Waals surface area contributed by atoms with Crippen LogP contribution in [0.4, 0.5) is 0 Å². The van der Waals surface area contributed by atoms with E-state index in [9.17, 15) is 14.4 Å². The molecule has 0 aliphatic heterocycles. The molecule has 0 aliphatic carbocycles. The van der Waals surface area contributed by atoms with Crippen molar-refractivity contribution in [2.75, 3.05) is 12.8 Å². The van der Waals surface area contributed by atoms with E-state index in [1.807, 2.05) is 27.0 Å². The van der Waals surface area contributed by atoms with E-state index in [1.54, 1.807) is 18.7 Å². The molecule has 0 spiro atoms. The quantitative estimate of drug-likeness (QED) is 0.554. The molecule has 3 N–H and O–H groups in total. The highest BCUT2D eigenvalue weighted by atomic mass is 32.2. The van der Waals surface area contributed by atoms with Crippen LogP contribution >= 0.6 is 11.8 Å². The topological polar surface area (TPSA) is 87.3 Å². The van der Waals surface area contributed by atoms with Crippen molar-refractivity contribution in [2.24, 2.45) is 5.92 Å². The van der Waals surface area contributed by atoms with E-state index in [1.165, 1.54) is 0 Å². The Hall–Kier alpha value is -1.24. The Bertz CT molecular complexity index is 439. The molecule has 3 amide bonds. The highest BCUT2D eigenvalue weighted by molar-refractivity contribution is 7.99. The highest BCUT2D eigenvalue weighted by Gasteiger charge is 2.27. The first-order valence-electron chi connectivity index (χ1n) is 8.46. The second-order valence-corrected chi connectivity index (χ2v) is 8.39. The Morgan fingerprint density at radius 1 is 1.04 bits per heavy atom. The second kappa shape index (κ2) is 10.6. The zero-order valence-electron chi connectivity index (χ0n) is 16.0. The van der Waals surface area contributed by atoms with Crippen LogP contribution in [0.15, 0.2) is 0 Å². The number of rotatable bonds is 10. The summed E-state index contributed by atoms with van der Waals surface area (Å²) >= 11 is 1.71. The molecule has 140 valence electrons. The number of carbonyl (C=O) groups excluding carboxylic acids is 3. The maximum Gasteiger partial charge on any atom is 0.243 e. The molecular weight excluding hydrogens is 326 g/mol. The Kier molecular flexibility index (Phi) is 10.0. The third kappa shape index (κ3) is 8.57. The van der Waals surface area contributed by atoms with E-state index >= 15 is 0 Å². The van der Waals surface area contributed by atoms with Gasteiger partial charge in [-0.3, -0.25) is 14.4 Å². The Morgan fingerprint density at radius 2 is 1.62 bits per heavy atom. The van der Waals surface area contributed by atoms with Gasteiger partial charge in [0.1, 0.15) is 12.1 Å². The van der Waals surface area contributed by atoms with Gasteiger partial charge in [-0.2, -0.15) is 11.8 Å². The van der Waals surface area contributed by atoms with Crippen LogP contribution in [0.25, 0.3) is 0 Å². The van der Waals surface area contributed by atoms with Crippen molar-refractivity contribution in [1.29, 1.82) is 0 Å². The number of carbonyl (C=O) groups is 3. The van der Waals surface area contributed by atoms with E-state index in [2.05, 4.69) is 29.8 Å². The van der Waals surface area contributed by atoms with Gasteiger partial charge in [0.2, 0.25) is 17.7 Å². The Morgan fingerprint density at radius 3 is 2.08 bits per heavy atom. The summed E-state index contributed by atoms with van der Waals surface area (Å²) in [6, 6.07) is -1.28. The summed E-state index contributed by atoms with van der Waals surface area (Å²) in [5.41, 5.74) is 0. The number of nitrogens with one attached hydrogen (secondary N) is 3. The number of amides is 3. The van der Waals surface area contributed by atoms with Gasteiger partial charge in [-0.15, -0.1) is 0 Å². The van der Waals surface area contributed by atoms with Crippen molar-refractivity contribution >= 4 is 29.5 Å². The molecular formula is C17H33N3O3S. The predicted molar refractivity (Wildman–Crippen MR) is 99.9 cm³/mol. The standard InChI is InChI=1S/C17H33N3O3S/c1-8-18-15(22)12(4)19-16(23)14(11(2)3)20-13(21)9-10-17(5,6)24-7/h11-12,14H,8-10H2,1-7H3,(H,18,22)(H,19,23)(H,20,21)/t12-,14?/m0/s1. The van der Waals surface area contributed by atoms with Gasteiger partial charge in [-0.05, 0) is 32.4 Å². The van der Waals surface area contributed by atoms with E-state index in [4.69, 9.17) is 0 Å². The minimum atomic E-state index is -0.647. The average molecular weight is 360 g/mol. The lowest BCUT2D eigenvalue weighted by Gasteiger charge is -2.25. The summed E-state index contributed by atoms with van der Waals surface area (Å²) in [7, 11) is 0. The fourth-order valence-electron chi connectivity index (χ4n) is 1.99. The summed E-state index contributed by atoms with van der Waals surface area (Å²) < 4.78 is 0.0275. The van der Waals surface area contributed by atoms with E-state index < -0.39 is 12.1 Å². The van der Waals surface area contributed by atoms with Gasteiger partial charge in [0.25, 0.3) is 0 Å². The van der Waals surface area contributed by atoms with Gasteiger partial charge in [-0.25, -0.2) is 0 Å². The van der Waals surface area contributed by atoms with Crippen LogP contribution in [0, 0.1) is 5.92 Å². The lowest BCUT2D eigenvalue weighted by molar-refractivity contribution is -0.132.